The zero-order chi connectivity index (χ0) is 22.9. The number of Topliss-reactive ketones (excluding diaryl/α,β-unsaturated/α-hetero) is 1. The maximum Gasteiger partial charge on any atom is 0.522 e. The van der Waals surface area contributed by atoms with E-state index in [1.165, 1.54) is 6.07 Å². The number of amides is 2. The molecule has 0 radical (unpaired) electrons. The molecule has 0 aromatic heterocycles. The van der Waals surface area contributed by atoms with E-state index in [1.54, 1.807) is 12.1 Å². The summed E-state index contributed by atoms with van der Waals surface area (Å²) in [5, 5.41) is 6.28. The van der Waals surface area contributed by atoms with E-state index in [0.717, 1.165) is 0 Å². The summed E-state index contributed by atoms with van der Waals surface area (Å²) in [5.41, 5.74) is -0.512. The monoisotopic (exact) mass is 472 g/mol. The van der Waals surface area contributed by atoms with Crippen LogP contribution in [0.25, 0.3) is 0 Å². The molecule has 4 aliphatic carbocycles. The molecule has 2 unspecified atom stereocenters. The van der Waals surface area contributed by atoms with Crippen molar-refractivity contribution in [3.05, 3.63) is 28.8 Å². The van der Waals surface area contributed by atoms with E-state index in [2.05, 4.69) is 15.4 Å². The van der Waals surface area contributed by atoms with Gasteiger partial charge in [-0.05, 0) is 49.8 Å². The highest BCUT2D eigenvalue weighted by atomic mass is 35.5. The molecule has 1 aromatic rings. The number of rotatable bonds is 6. The molecule has 0 saturated heterocycles. The Morgan fingerprint density at radius 3 is 2.47 bits per heavy atom. The molecule has 2 bridgehead atoms. The Hall–Kier alpha value is -2.33. The number of ether oxygens (including phenoxy) is 2. The van der Waals surface area contributed by atoms with Crippen LogP contribution < -0.4 is 15.4 Å². The number of carbonyl (C=O) groups is 3. The van der Waals surface area contributed by atoms with Gasteiger partial charge in [0.05, 0.1) is 18.6 Å². The molecule has 5 aliphatic rings. The maximum atomic E-state index is 12.7. The molecule has 2 amide bonds. The van der Waals surface area contributed by atoms with Gasteiger partial charge in [-0.2, -0.15) is 0 Å². The zero-order valence-corrected chi connectivity index (χ0v) is 17.5. The van der Waals surface area contributed by atoms with Crippen LogP contribution in [0.5, 0.6) is 5.75 Å². The minimum absolute atomic E-state index is 0.0831. The van der Waals surface area contributed by atoms with Crippen LogP contribution in [0.4, 0.5) is 13.2 Å². The highest BCUT2D eigenvalue weighted by molar-refractivity contribution is 6.31. The standard InChI is InChI=1S/C21H20ClF3N2O5/c22-11-1-2-15-13(4-11)14(28)5-16(32-15)18(30)27-20-7-19(8-20,9-20)26-17(29)12-3-10(12)6-31-21(23,24)25/h1-2,4,10,12,16H,3,5-9H2,(H,26,29)(H,27,30)/t10?,12?,16-,19?,20?/m1/s1. The van der Waals surface area contributed by atoms with Gasteiger partial charge in [-0.15, -0.1) is 13.2 Å². The van der Waals surface area contributed by atoms with Crippen molar-refractivity contribution >= 4 is 29.2 Å². The minimum Gasteiger partial charge on any atom is -0.479 e. The van der Waals surface area contributed by atoms with Crippen LogP contribution in [0, 0.1) is 11.8 Å². The smallest absolute Gasteiger partial charge is 0.479 e. The van der Waals surface area contributed by atoms with Crippen molar-refractivity contribution in [2.75, 3.05) is 6.61 Å². The highest BCUT2D eigenvalue weighted by Crippen LogP contribution is 2.61. The summed E-state index contributed by atoms with van der Waals surface area (Å²) in [4.78, 5) is 37.4. The number of alkyl halides is 3. The predicted molar refractivity (Wildman–Crippen MR) is 104 cm³/mol. The number of fused-ring (bicyclic) bond motifs is 1. The normalized spacial score (nSPS) is 34.4. The van der Waals surface area contributed by atoms with Crippen molar-refractivity contribution in [3.8, 4) is 5.75 Å². The van der Waals surface area contributed by atoms with E-state index in [9.17, 15) is 27.6 Å². The first-order chi connectivity index (χ1) is 15.0. The Morgan fingerprint density at radius 1 is 1.16 bits per heavy atom. The molecule has 1 aromatic carbocycles. The Bertz CT molecular complexity index is 994. The minimum atomic E-state index is -4.69. The molecule has 4 fully saturated rings. The van der Waals surface area contributed by atoms with E-state index in [0.29, 0.717) is 42.0 Å². The van der Waals surface area contributed by atoms with Crippen LogP contribution in [-0.4, -0.2) is 47.7 Å². The lowest BCUT2D eigenvalue weighted by molar-refractivity contribution is -0.326. The van der Waals surface area contributed by atoms with Crippen LogP contribution in [0.2, 0.25) is 5.02 Å². The Kier molecular flexibility index (Phi) is 4.76. The van der Waals surface area contributed by atoms with Gasteiger partial charge in [0.1, 0.15) is 5.75 Å². The lowest BCUT2D eigenvalue weighted by Crippen LogP contribution is -2.84. The molecule has 1 heterocycles. The van der Waals surface area contributed by atoms with Crippen molar-refractivity contribution in [3.63, 3.8) is 0 Å². The molecule has 7 nitrogen and oxygen atoms in total. The number of halogens is 4. The average Bonchev–Trinajstić information content (AvgIpc) is 3.43. The third kappa shape index (κ3) is 3.94. The third-order valence-corrected chi connectivity index (χ3v) is 6.94. The van der Waals surface area contributed by atoms with Gasteiger partial charge < -0.3 is 15.4 Å². The van der Waals surface area contributed by atoms with Gasteiger partial charge in [-0.3, -0.25) is 19.1 Å². The molecule has 0 spiro atoms. The quantitative estimate of drug-likeness (QED) is 0.664. The molecule has 4 saturated carbocycles. The summed E-state index contributed by atoms with van der Waals surface area (Å²) in [6.07, 6.45) is -3.71. The Balaban J connectivity index is 1.09. The molecule has 11 heteroatoms. The third-order valence-electron chi connectivity index (χ3n) is 6.70. The van der Waals surface area contributed by atoms with Crippen molar-refractivity contribution in [1.29, 1.82) is 0 Å². The van der Waals surface area contributed by atoms with E-state index in [1.807, 2.05) is 0 Å². The van der Waals surface area contributed by atoms with Gasteiger partial charge >= 0.3 is 6.36 Å². The Morgan fingerprint density at radius 2 is 1.81 bits per heavy atom. The van der Waals surface area contributed by atoms with Crippen molar-refractivity contribution in [2.24, 2.45) is 11.8 Å². The van der Waals surface area contributed by atoms with E-state index in [-0.39, 0.29) is 24.0 Å². The number of benzene rings is 1. The summed E-state index contributed by atoms with van der Waals surface area (Å²) in [5.74, 6) is -1.44. The zero-order valence-electron chi connectivity index (χ0n) is 16.8. The first kappa shape index (κ1) is 21.5. The number of hydrogen-bond acceptors (Lipinski definition) is 5. The number of nitrogens with one attached hydrogen (secondary N) is 2. The first-order valence-electron chi connectivity index (χ1n) is 10.3. The van der Waals surface area contributed by atoms with E-state index in [4.69, 9.17) is 16.3 Å². The average molecular weight is 473 g/mol. The maximum absolute atomic E-state index is 12.7. The number of hydrogen-bond donors (Lipinski definition) is 2. The van der Waals surface area contributed by atoms with Gasteiger partial charge in [0.2, 0.25) is 5.91 Å². The van der Waals surface area contributed by atoms with Crippen LogP contribution >= 0.6 is 11.6 Å². The lowest BCUT2D eigenvalue weighted by Gasteiger charge is -2.70. The largest absolute Gasteiger partial charge is 0.522 e. The second kappa shape index (κ2) is 7.08. The highest BCUT2D eigenvalue weighted by Gasteiger charge is 2.70. The molecule has 2 N–H and O–H groups in total. The van der Waals surface area contributed by atoms with Crippen molar-refractivity contribution < 1.29 is 37.0 Å². The van der Waals surface area contributed by atoms with Crippen LogP contribution in [-0.2, 0) is 14.3 Å². The molecule has 6 rings (SSSR count). The van der Waals surface area contributed by atoms with Gasteiger partial charge in [-0.25, -0.2) is 0 Å². The van der Waals surface area contributed by atoms with Crippen molar-refractivity contribution in [1.82, 2.24) is 10.6 Å². The van der Waals surface area contributed by atoms with Crippen LogP contribution in [0.3, 0.4) is 0 Å². The lowest BCUT2D eigenvalue weighted by atomic mass is 9.44. The fourth-order valence-corrected chi connectivity index (χ4v) is 5.32. The van der Waals surface area contributed by atoms with Gasteiger partial charge in [0.25, 0.3) is 5.91 Å². The number of carbonyl (C=O) groups excluding carboxylic acids is 3. The van der Waals surface area contributed by atoms with Crippen LogP contribution in [0.1, 0.15) is 42.5 Å². The summed E-state index contributed by atoms with van der Waals surface area (Å²) in [6, 6.07) is 4.66. The van der Waals surface area contributed by atoms with E-state index < -0.39 is 42.0 Å². The summed E-state index contributed by atoms with van der Waals surface area (Å²) in [6.45, 7) is -0.510. The fraction of sp³-hybridized carbons (Fsp3) is 0.571. The topological polar surface area (TPSA) is 93.7 Å². The van der Waals surface area contributed by atoms with Crippen LogP contribution in [0.15, 0.2) is 18.2 Å². The van der Waals surface area contributed by atoms with Gasteiger partial charge in [0, 0.05) is 22.0 Å². The molecule has 32 heavy (non-hydrogen) atoms. The number of ketones is 1. The fourth-order valence-electron chi connectivity index (χ4n) is 5.15. The summed E-state index contributed by atoms with van der Waals surface area (Å²) in [7, 11) is 0. The second-order valence-corrected chi connectivity index (χ2v) is 9.74. The first-order valence-corrected chi connectivity index (χ1v) is 10.7. The molecule has 1 aliphatic heterocycles. The predicted octanol–water partition coefficient (Wildman–Crippen LogP) is 2.75. The van der Waals surface area contributed by atoms with Gasteiger partial charge in [0.15, 0.2) is 11.9 Å². The Labute approximate surface area is 185 Å². The molecular formula is C21H20ClF3N2O5. The molecule has 3 atom stereocenters. The second-order valence-electron chi connectivity index (χ2n) is 9.30. The summed E-state index contributed by atoms with van der Waals surface area (Å²) >= 11 is 5.91. The van der Waals surface area contributed by atoms with Crippen molar-refractivity contribution in [2.45, 2.75) is 55.6 Å². The SMILES string of the molecule is O=C1C[C@H](C(=O)NC23CC(NC(=O)C4CC4COC(F)(F)F)(C2)C3)Oc2ccc(Cl)cc21. The van der Waals surface area contributed by atoms with Gasteiger partial charge in [-0.1, -0.05) is 11.6 Å². The molecule has 172 valence electrons. The van der Waals surface area contributed by atoms with E-state index >= 15 is 0 Å². The summed E-state index contributed by atoms with van der Waals surface area (Å²) < 4.78 is 45.8. The molecular weight excluding hydrogens is 453 g/mol.